The Kier molecular flexibility index (Phi) is 2.73. The molecule has 1 N–H and O–H groups in total. The van der Waals surface area contributed by atoms with Crippen LogP contribution in [0.5, 0.6) is 0 Å². The van der Waals surface area contributed by atoms with E-state index in [9.17, 15) is 5.11 Å². The minimum atomic E-state index is -0.614. The fraction of sp³-hybridized carbons (Fsp3) is 0.778. The first-order valence-corrected chi connectivity index (χ1v) is 3.98. The smallest absolute Gasteiger partial charge is 0.163 e. The predicted octanol–water partition coefficient (Wildman–Crippen LogP) is 0.522. The van der Waals surface area contributed by atoms with Gasteiger partial charge in [-0.05, 0) is 13.8 Å². The van der Waals surface area contributed by atoms with Crippen molar-refractivity contribution in [2.75, 3.05) is 6.61 Å². The van der Waals surface area contributed by atoms with Crippen molar-refractivity contribution in [3.8, 4) is 12.3 Å². The fourth-order valence-electron chi connectivity index (χ4n) is 1.16. The van der Waals surface area contributed by atoms with E-state index < -0.39 is 11.9 Å². The first-order valence-electron chi connectivity index (χ1n) is 3.98. The van der Waals surface area contributed by atoms with Gasteiger partial charge < -0.3 is 14.6 Å². The first kappa shape index (κ1) is 9.53. The van der Waals surface area contributed by atoms with Gasteiger partial charge in [-0.25, -0.2) is 0 Å². The fourth-order valence-corrected chi connectivity index (χ4v) is 1.16. The van der Waals surface area contributed by atoms with Gasteiger partial charge in [-0.15, -0.1) is 12.3 Å². The van der Waals surface area contributed by atoms with Crippen LogP contribution in [0.3, 0.4) is 0 Å². The van der Waals surface area contributed by atoms with Crippen LogP contribution in [0.2, 0.25) is 0 Å². The van der Waals surface area contributed by atoms with Gasteiger partial charge >= 0.3 is 0 Å². The van der Waals surface area contributed by atoms with Gasteiger partial charge in [0.25, 0.3) is 0 Å². The molecular formula is C9H14O3. The number of rotatable bonds is 2. The van der Waals surface area contributed by atoms with Crippen molar-refractivity contribution in [3.05, 3.63) is 0 Å². The quantitative estimate of drug-likeness (QED) is 0.614. The van der Waals surface area contributed by atoms with Gasteiger partial charge in [-0.2, -0.15) is 0 Å². The van der Waals surface area contributed by atoms with E-state index in [0.29, 0.717) is 13.0 Å². The van der Waals surface area contributed by atoms with Gasteiger partial charge in [0.1, 0.15) is 6.10 Å². The van der Waals surface area contributed by atoms with Crippen LogP contribution in [0.1, 0.15) is 20.3 Å². The molecule has 68 valence electrons. The molecule has 3 nitrogen and oxygen atoms in total. The lowest BCUT2D eigenvalue weighted by Gasteiger charge is -2.19. The summed E-state index contributed by atoms with van der Waals surface area (Å²) in [7, 11) is 0. The average molecular weight is 170 g/mol. The van der Waals surface area contributed by atoms with E-state index in [1.807, 2.05) is 13.8 Å². The molecule has 0 spiro atoms. The zero-order chi connectivity index (χ0) is 9.19. The Morgan fingerprint density at radius 2 is 2.42 bits per heavy atom. The Morgan fingerprint density at radius 3 is 2.83 bits per heavy atom. The highest BCUT2D eigenvalue weighted by Gasteiger charge is 2.36. The van der Waals surface area contributed by atoms with Crippen molar-refractivity contribution in [2.24, 2.45) is 0 Å². The molecule has 1 aliphatic rings. The topological polar surface area (TPSA) is 38.7 Å². The second-order valence-corrected chi connectivity index (χ2v) is 3.34. The van der Waals surface area contributed by atoms with E-state index in [-0.39, 0.29) is 6.10 Å². The number of terminal acetylenes is 1. The second-order valence-electron chi connectivity index (χ2n) is 3.34. The maximum absolute atomic E-state index is 9.43. The van der Waals surface area contributed by atoms with Crippen LogP contribution < -0.4 is 0 Å². The molecule has 2 atom stereocenters. The van der Waals surface area contributed by atoms with E-state index >= 15 is 0 Å². The summed E-state index contributed by atoms with van der Waals surface area (Å²) in [5.74, 6) is 1.80. The number of hydrogen-bond acceptors (Lipinski definition) is 3. The monoisotopic (exact) mass is 170 g/mol. The molecule has 0 bridgehead atoms. The molecule has 1 heterocycles. The highest BCUT2D eigenvalue weighted by Crippen LogP contribution is 2.24. The van der Waals surface area contributed by atoms with Gasteiger partial charge in [-0.1, -0.05) is 0 Å². The molecule has 0 amide bonds. The molecule has 0 radical (unpaired) electrons. The Bertz CT molecular complexity index is 192. The van der Waals surface area contributed by atoms with E-state index in [2.05, 4.69) is 5.92 Å². The van der Waals surface area contributed by atoms with Crippen LogP contribution in [0, 0.1) is 12.3 Å². The highest BCUT2D eigenvalue weighted by molar-refractivity contribution is 4.91. The summed E-state index contributed by atoms with van der Waals surface area (Å²) >= 11 is 0. The van der Waals surface area contributed by atoms with Crippen molar-refractivity contribution in [3.63, 3.8) is 0 Å². The number of hydrogen-bond donors (Lipinski definition) is 1. The highest BCUT2D eigenvalue weighted by atomic mass is 16.7. The minimum Gasteiger partial charge on any atom is -0.389 e. The summed E-state index contributed by atoms with van der Waals surface area (Å²) in [4.78, 5) is 0. The third kappa shape index (κ3) is 2.21. The summed E-state index contributed by atoms with van der Waals surface area (Å²) < 4.78 is 10.7. The first-order chi connectivity index (χ1) is 5.55. The van der Waals surface area contributed by atoms with E-state index in [0.717, 1.165) is 0 Å². The van der Waals surface area contributed by atoms with Gasteiger partial charge in [0, 0.05) is 6.42 Å². The number of aliphatic hydroxyl groups excluding tert-OH is 1. The molecule has 0 saturated carbocycles. The maximum Gasteiger partial charge on any atom is 0.163 e. The molecular weight excluding hydrogens is 156 g/mol. The number of ether oxygens (including phenoxy) is 2. The van der Waals surface area contributed by atoms with Crippen LogP contribution in [0.15, 0.2) is 0 Å². The van der Waals surface area contributed by atoms with Crippen molar-refractivity contribution in [1.29, 1.82) is 0 Å². The SMILES string of the molecule is C#CC[C@H](O)[C@@H]1COC(C)(C)O1. The Hall–Kier alpha value is -0.560. The molecule has 3 heteroatoms. The van der Waals surface area contributed by atoms with Crippen LogP contribution in [-0.4, -0.2) is 29.7 Å². The zero-order valence-electron chi connectivity index (χ0n) is 7.41. The molecule has 0 aromatic carbocycles. The van der Waals surface area contributed by atoms with E-state index in [4.69, 9.17) is 15.9 Å². The lowest BCUT2D eigenvalue weighted by molar-refractivity contribution is -0.150. The van der Waals surface area contributed by atoms with Gasteiger partial charge in [0.15, 0.2) is 5.79 Å². The molecule has 1 saturated heterocycles. The molecule has 1 rings (SSSR count). The largest absolute Gasteiger partial charge is 0.389 e. The average Bonchev–Trinajstić information content (AvgIpc) is 2.31. The predicted molar refractivity (Wildman–Crippen MR) is 44.4 cm³/mol. The standard InChI is InChI=1S/C9H14O3/c1-4-5-7(10)8-6-11-9(2,3)12-8/h1,7-8,10H,5-6H2,2-3H3/t7-,8-/m0/s1. The lowest BCUT2D eigenvalue weighted by atomic mass is 10.1. The van der Waals surface area contributed by atoms with Crippen LogP contribution >= 0.6 is 0 Å². The molecule has 0 aromatic heterocycles. The molecule has 1 aliphatic heterocycles. The van der Waals surface area contributed by atoms with Crippen molar-refractivity contribution < 1.29 is 14.6 Å². The van der Waals surface area contributed by atoms with E-state index in [1.54, 1.807) is 0 Å². The summed E-state index contributed by atoms with van der Waals surface area (Å²) in [6.07, 6.45) is 4.47. The van der Waals surface area contributed by atoms with Gasteiger partial charge in [0.2, 0.25) is 0 Å². The third-order valence-electron chi connectivity index (χ3n) is 1.79. The molecule has 0 aromatic rings. The maximum atomic E-state index is 9.43. The summed E-state index contributed by atoms with van der Waals surface area (Å²) in [5, 5.41) is 9.43. The zero-order valence-corrected chi connectivity index (χ0v) is 7.41. The Morgan fingerprint density at radius 1 is 1.75 bits per heavy atom. The molecule has 0 unspecified atom stereocenters. The van der Waals surface area contributed by atoms with Crippen LogP contribution in [0.4, 0.5) is 0 Å². The second kappa shape index (κ2) is 3.44. The van der Waals surface area contributed by atoms with Crippen LogP contribution in [-0.2, 0) is 9.47 Å². The molecule has 0 aliphatic carbocycles. The van der Waals surface area contributed by atoms with Crippen molar-refractivity contribution in [2.45, 2.75) is 38.3 Å². The third-order valence-corrected chi connectivity index (χ3v) is 1.79. The molecule has 12 heavy (non-hydrogen) atoms. The summed E-state index contributed by atoms with van der Waals surface area (Å²) in [6, 6.07) is 0. The lowest BCUT2D eigenvalue weighted by Crippen LogP contribution is -2.30. The number of aliphatic hydroxyl groups is 1. The molecule has 1 fully saturated rings. The minimum absolute atomic E-state index is 0.281. The van der Waals surface area contributed by atoms with E-state index in [1.165, 1.54) is 0 Å². The Balaban J connectivity index is 2.42. The normalized spacial score (nSPS) is 29.7. The summed E-state index contributed by atoms with van der Waals surface area (Å²) in [6.45, 7) is 4.04. The summed E-state index contributed by atoms with van der Waals surface area (Å²) in [5.41, 5.74) is 0. The van der Waals surface area contributed by atoms with Gasteiger partial charge in [0.05, 0.1) is 12.7 Å². The van der Waals surface area contributed by atoms with Crippen LogP contribution in [0.25, 0.3) is 0 Å². The van der Waals surface area contributed by atoms with Crippen molar-refractivity contribution >= 4 is 0 Å². The van der Waals surface area contributed by atoms with Crippen molar-refractivity contribution in [1.82, 2.24) is 0 Å². The van der Waals surface area contributed by atoms with Gasteiger partial charge in [-0.3, -0.25) is 0 Å². The Labute approximate surface area is 72.7 Å².